The molecule has 0 bridgehead atoms. The summed E-state index contributed by atoms with van der Waals surface area (Å²) >= 11 is 6.10. The molecule has 0 radical (unpaired) electrons. The summed E-state index contributed by atoms with van der Waals surface area (Å²) < 4.78 is 13.1. The lowest BCUT2D eigenvalue weighted by molar-refractivity contribution is -0.132. The van der Waals surface area contributed by atoms with Crippen LogP contribution in [0.5, 0.6) is 0 Å². The van der Waals surface area contributed by atoms with Crippen molar-refractivity contribution in [3.05, 3.63) is 64.4 Å². The molecule has 3 rings (SSSR count). The van der Waals surface area contributed by atoms with Gasteiger partial charge in [-0.1, -0.05) is 35.9 Å². The molecule has 0 unspecified atom stereocenters. The Morgan fingerprint density at radius 2 is 1.71 bits per heavy atom. The van der Waals surface area contributed by atoms with Gasteiger partial charge in [0.2, 0.25) is 5.91 Å². The van der Waals surface area contributed by atoms with Crippen LogP contribution in [0.3, 0.4) is 0 Å². The molecule has 8 heteroatoms. The van der Waals surface area contributed by atoms with Crippen molar-refractivity contribution in [2.75, 3.05) is 31.9 Å². The predicted molar refractivity (Wildman–Crippen MR) is 117 cm³/mol. The summed E-state index contributed by atoms with van der Waals surface area (Å²) in [4.78, 5) is 16.6. The zero-order chi connectivity index (χ0) is 18.5. The van der Waals surface area contributed by atoms with Crippen molar-refractivity contribution in [3.63, 3.8) is 0 Å². The van der Waals surface area contributed by atoms with Crippen LogP contribution in [0.25, 0.3) is 0 Å². The molecule has 4 nitrogen and oxygen atoms in total. The molecule has 0 aliphatic carbocycles. The first kappa shape index (κ1) is 24.5. The number of carbonyl (C=O) groups excluding carboxylic acids is 1. The standard InChI is InChI=1S/C20H23ClFN3O.2ClH/c21-18-13-17(22)7-5-16(18)14-24-9-11-25(12-10-24)20(26)8-6-15-3-1-2-4-19(15)23;;/h1-5,7,13H,6,8-12,14,23H2;2*1H. The van der Waals surface area contributed by atoms with Crippen molar-refractivity contribution in [1.82, 2.24) is 9.80 Å². The minimum atomic E-state index is -0.326. The second kappa shape index (κ2) is 11.5. The summed E-state index contributed by atoms with van der Waals surface area (Å²) in [6.07, 6.45) is 1.13. The average Bonchev–Trinajstić information content (AvgIpc) is 2.64. The highest BCUT2D eigenvalue weighted by Gasteiger charge is 2.21. The van der Waals surface area contributed by atoms with E-state index in [2.05, 4.69) is 4.90 Å². The number of para-hydroxylation sites is 1. The summed E-state index contributed by atoms with van der Waals surface area (Å²) in [7, 11) is 0. The van der Waals surface area contributed by atoms with E-state index in [4.69, 9.17) is 17.3 Å². The molecule has 1 aliphatic rings. The zero-order valence-electron chi connectivity index (χ0n) is 15.4. The molecular formula is C20H25Cl3FN3O. The molecule has 28 heavy (non-hydrogen) atoms. The number of nitrogens with two attached hydrogens (primary N) is 1. The second-order valence-corrected chi connectivity index (χ2v) is 7.00. The Morgan fingerprint density at radius 3 is 2.36 bits per heavy atom. The third kappa shape index (κ3) is 6.52. The Morgan fingerprint density at radius 1 is 1.04 bits per heavy atom. The van der Waals surface area contributed by atoms with Crippen LogP contribution in [0.1, 0.15) is 17.5 Å². The Balaban J connectivity index is 0.00000196. The fraction of sp³-hybridized carbons (Fsp3) is 0.350. The van der Waals surface area contributed by atoms with Crippen LogP contribution in [0.15, 0.2) is 42.5 Å². The van der Waals surface area contributed by atoms with Crippen molar-refractivity contribution < 1.29 is 9.18 Å². The number of aryl methyl sites for hydroxylation is 1. The first-order valence-corrected chi connectivity index (χ1v) is 9.18. The molecule has 1 amide bonds. The third-order valence-corrected chi connectivity index (χ3v) is 5.15. The minimum absolute atomic E-state index is 0. The van der Waals surface area contributed by atoms with Crippen LogP contribution in [0, 0.1) is 5.82 Å². The maximum absolute atomic E-state index is 13.1. The van der Waals surface area contributed by atoms with Crippen molar-refractivity contribution >= 4 is 48.0 Å². The normalized spacial score (nSPS) is 14.1. The highest BCUT2D eigenvalue weighted by molar-refractivity contribution is 6.31. The SMILES string of the molecule is Cl.Cl.Nc1ccccc1CCC(=O)N1CCN(Cc2ccc(F)cc2Cl)CC1. The van der Waals surface area contributed by atoms with Crippen LogP contribution in [0.4, 0.5) is 10.1 Å². The lowest BCUT2D eigenvalue weighted by Gasteiger charge is -2.35. The summed E-state index contributed by atoms with van der Waals surface area (Å²) in [5.41, 5.74) is 8.60. The van der Waals surface area contributed by atoms with Crippen molar-refractivity contribution in [2.24, 2.45) is 0 Å². The molecule has 1 fully saturated rings. The van der Waals surface area contributed by atoms with Gasteiger partial charge in [-0.25, -0.2) is 4.39 Å². The first-order chi connectivity index (χ1) is 12.5. The predicted octanol–water partition coefficient (Wildman–Crippen LogP) is 4.18. The summed E-state index contributed by atoms with van der Waals surface area (Å²) in [5, 5.41) is 0.448. The number of hydrogen-bond donors (Lipinski definition) is 1. The number of nitrogens with zero attached hydrogens (tertiary/aromatic N) is 2. The number of piperazine rings is 1. The third-order valence-electron chi connectivity index (χ3n) is 4.80. The Bertz CT molecular complexity index is 783. The second-order valence-electron chi connectivity index (χ2n) is 6.59. The molecule has 1 saturated heterocycles. The highest BCUT2D eigenvalue weighted by atomic mass is 35.5. The molecule has 0 saturated carbocycles. The summed E-state index contributed by atoms with van der Waals surface area (Å²) in [5.74, 6) is -0.166. The number of hydrogen-bond acceptors (Lipinski definition) is 3. The van der Waals surface area contributed by atoms with Gasteiger partial charge in [0.15, 0.2) is 0 Å². The molecular weight excluding hydrogens is 424 g/mol. The number of amides is 1. The molecule has 2 aromatic carbocycles. The average molecular weight is 449 g/mol. The minimum Gasteiger partial charge on any atom is -0.399 e. The molecule has 0 spiro atoms. The monoisotopic (exact) mass is 447 g/mol. The fourth-order valence-electron chi connectivity index (χ4n) is 3.21. The molecule has 2 N–H and O–H groups in total. The van der Waals surface area contributed by atoms with E-state index in [1.54, 1.807) is 6.07 Å². The molecule has 1 heterocycles. The van der Waals surface area contributed by atoms with E-state index in [-0.39, 0.29) is 36.5 Å². The quantitative estimate of drug-likeness (QED) is 0.698. The van der Waals surface area contributed by atoms with Gasteiger partial charge in [-0.05, 0) is 35.7 Å². The van der Waals surface area contributed by atoms with Crippen molar-refractivity contribution in [3.8, 4) is 0 Å². The van der Waals surface area contributed by atoms with E-state index in [0.717, 1.165) is 29.9 Å². The molecule has 0 aromatic heterocycles. The number of anilines is 1. The van der Waals surface area contributed by atoms with Crippen LogP contribution in [-0.4, -0.2) is 41.9 Å². The molecule has 0 atom stereocenters. The number of nitrogen functional groups attached to an aromatic ring is 1. The van der Waals surface area contributed by atoms with E-state index in [0.29, 0.717) is 37.5 Å². The molecule has 154 valence electrons. The van der Waals surface area contributed by atoms with E-state index in [1.165, 1.54) is 12.1 Å². The van der Waals surface area contributed by atoms with Gasteiger partial charge in [-0.3, -0.25) is 9.69 Å². The number of rotatable bonds is 5. The van der Waals surface area contributed by atoms with Gasteiger partial charge in [0.1, 0.15) is 5.82 Å². The van der Waals surface area contributed by atoms with Crippen LogP contribution in [-0.2, 0) is 17.8 Å². The lowest BCUT2D eigenvalue weighted by atomic mass is 10.1. The van der Waals surface area contributed by atoms with Gasteiger partial charge >= 0.3 is 0 Å². The highest BCUT2D eigenvalue weighted by Crippen LogP contribution is 2.20. The van der Waals surface area contributed by atoms with E-state index >= 15 is 0 Å². The Hall–Kier alpha value is -1.53. The summed E-state index contributed by atoms with van der Waals surface area (Å²) in [6.45, 7) is 3.63. The maximum Gasteiger partial charge on any atom is 0.222 e. The van der Waals surface area contributed by atoms with Crippen molar-refractivity contribution in [1.29, 1.82) is 0 Å². The topological polar surface area (TPSA) is 49.6 Å². The number of benzene rings is 2. The van der Waals surface area contributed by atoms with Crippen LogP contribution >= 0.6 is 36.4 Å². The zero-order valence-corrected chi connectivity index (χ0v) is 17.8. The van der Waals surface area contributed by atoms with Crippen LogP contribution in [0.2, 0.25) is 5.02 Å². The smallest absolute Gasteiger partial charge is 0.222 e. The van der Waals surface area contributed by atoms with Gasteiger partial charge < -0.3 is 10.6 Å². The van der Waals surface area contributed by atoms with E-state index in [9.17, 15) is 9.18 Å². The Kier molecular flexibility index (Phi) is 10.0. The number of halogens is 4. The Labute approximate surface area is 182 Å². The van der Waals surface area contributed by atoms with Gasteiger partial charge in [0.25, 0.3) is 0 Å². The number of carbonyl (C=O) groups is 1. The first-order valence-electron chi connectivity index (χ1n) is 8.80. The lowest BCUT2D eigenvalue weighted by Crippen LogP contribution is -2.48. The largest absolute Gasteiger partial charge is 0.399 e. The molecule has 1 aliphatic heterocycles. The van der Waals surface area contributed by atoms with E-state index < -0.39 is 0 Å². The van der Waals surface area contributed by atoms with Gasteiger partial charge in [0, 0.05) is 49.9 Å². The van der Waals surface area contributed by atoms with Gasteiger partial charge in [-0.2, -0.15) is 0 Å². The summed E-state index contributed by atoms with van der Waals surface area (Å²) in [6, 6.07) is 12.1. The van der Waals surface area contributed by atoms with Gasteiger partial charge in [0.05, 0.1) is 0 Å². The van der Waals surface area contributed by atoms with Crippen molar-refractivity contribution in [2.45, 2.75) is 19.4 Å². The van der Waals surface area contributed by atoms with Gasteiger partial charge in [-0.15, -0.1) is 24.8 Å². The fourth-order valence-corrected chi connectivity index (χ4v) is 3.43. The maximum atomic E-state index is 13.1. The van der Waals surface area contributed by atoms with E-state index in [1.807, 2.05) is 29.2 Å². The molecule has 2 aromatic rings. The van der Waals surface area contributed by atoms with Crippen LogP contribution < -0.4 is 5.73 Å².